The minimum atomic E-state index is -0.0710. The van der Waals surface area contributed by atoms with Crippen molar-refractivity contribution in [1.82, 2.24) is 10.3 Å². The first kappa shape index (κ1) is 14.2. The molecule has 0 fully saturated rings. The lowest BCUT2D eigenvalue weighted by Crippen LogP contribution is -2.27. The van der Waals surface area contributed by atoms with E-state index in [1.165, 1.54) is 0 Å². The van der Waals surface area contributed by atoms with Gasteiger partial charge in [-0.05, 0) is 49.2 Å². The van der Waals surface area contributed by atoms with Gasteiger partial charge in [0.05, 0.1) is 6.04 Å². The molecule has 4 heteroatoms. The molecular formula is C16H19N3O. The molecule has 1 aromatic heterocycles. The number of benzene rings is 1. The third-order valence-corrected chi connectivity index (χ3v) is 3.23. The van der Waals surface area contributed by atoms with Gasteiger partial charge in [0.2, 0.25) is 0 Å². The second-order valence-corrected chi connectivity index (χ2v) is 4.67. The van der Waals surface area contributed by atoms with Crippen LogP contribution in [0.2, 0.25) is 0 Å². The zero-order chi connectivity index (χ0) is 14.4. The normalized spacial score (nSPS) is 11.9. The number of hydrogen-bond acceptors (Lipinski definition) is 3. The van der Waals surface area contributed by atoms with Crippen molar-refractivity contribution in [2.24, 2.45) is 5.73 Å². The van der Waals surface area contributed by atoms with Gasteiger partial charge in [-0.25, -0.2) is 0 Å². The van der Waals surface area contributed by atoms with Gasteiger partial charge in [-0.3, -0.25) is 9.78 Å². The molecule has 104 valence electrons. The van der Waals surface area contributed by atoms with Crippen molar-refractivity contribution in [2.45, 2.75) is 19.4 Å². The van der Waals surface area contributed by atoms with E-state index in [2.05, 4.69) is 10.3 Å². The highest BCUT2D eigenvalue weighted by Gasteiger charge is 2.13. The second kappa shape index (κ2) is 6.82. The van der Waals surface area contributed by atoms with Gasteiger partial charge in [-0.2, -0.15) is 0 Å². The number of nitrogens with two attached hydrogens (primary N) is 1. The van der Waals surface area contributed by atoms with Gasteiger partial charge in [0.15, 0.2) is 0 Å². The van der Waals surface area contributed by atoms with Crippen molar-refractivity contribution in [1.29, 1.82) is 0 Å². The molecule has 0 radical (unpaired) electrons. The van der Waals surface area contributed by atoms with Crippen LogP contribution in [0.3, 0.4) is 0 Å². The summed E-state index contributed by atoms with van der Waals surface area (Å²) in [6.07, 6.45) is 4.15. The van der Waals surface area contributed by atoms with Crippen LogP contribution in [0.15, 0.2) is 48.8 Å². The van der Waals surface area contributed by atoms with Crippen LogP contribution < -0.4 is 11.1 Å². The molecule has 2 aromatic rings. The molecule has 0 saturated carbocycles. The first-order chi connectivity index (χ1) is 9.72. The molecule has 0 aliphatic heterocycles. The van der Waals surface area contributed by atoms with E-state index in [1.54, 1.807) is 12.4 Å². The SMILES string of the molecule is CC(NC(=O)c1ccccc1CCN)c1ccncc1. The maximum atomic E-state index is 12.4. The molecule has 1 atom stereocenters. The summed E-state index contributed by atoms with van der Waals surface area (Å²) in [5.41, 5.74) is 8.29. The standard InChI is InChI=1S/C16H19N3O/c1-12(13-7-10-18-11-8-13)19-16(20)15-5-3-2-4-14(15)6-9-17/h2-5,7-8,10-12H,6,9,17H2,1H3,(H,19,20). The lowest BCUT2D eigenvalue weighted by Gasteiger charge is -2.15. The Morgan fingerprint density at radius 1 is 1.25 bits per heavy atom. The molecule has 0 aliphatic rings. The Kier molecular flexibility index (Phi) is 4.85. The smallest absolute Gasteiger partial charge is 0.252 e. The highest BCUT2D eigenvalue weighted by Crippen LogP contribution is 2.14. The molecule has 0 aliphatic carbocycles. The highest BCUT2D eigenvalue weighted by atomic mass is 16.1. The lowest BCUT2D eigenvalue weighted by molar-refractivity contribution is 0.0939. The van der Waals surface area contributed by atoms with Gasteiger partial charge in [0.1, 0.15) is 0 Å². The highest BCUT2D eigenvalue weighted by molar-refractivity contribution is 5.95. The molecule has 0 saturated heterocycles. The molecule has 1 unspecified atom stereocenters. The maximum Gasteiger partial charge on any atom is 0.252 e. The summed E-state index contributed by atoms with van der Waals surface area (Å²) in [5, 5.41) is 3.00. The predicted molar refractivity (Wildman–Crippen MR) is 79.3 cm³/mol. The number of rotatable bonds is 5. The third kappa shape index (κ3) is 3.42. The molecule has 0 spiro atoms. The average molecular weight is 269 g/mol. The van der Waals surface area contributed by atoms with Crippen LogP contribution in [-0.4, -0.2) is 17.4 Å². The number of nitrogens with one attached hydrogen (secondary N) is 1. The largest absolute Gasteiger partial charge is 0.346 e. The quantitative estimate of drug-likeness (QED) is 0.873. The molecule has 20 heavy (non-hydrogen) atoms. The minimum absolute atomic E-state index is 0.0589. The van der Waals surface area contributed by atoms with E-state index in [0.717, 1.165) is 11.1 Å². The number of aromatic nitrogens is 1. The van der Waals surface area contributed by atoms with Crippen LogP contribution in [0, 0.1) is 0 Å². The van der Waals surface area contributed by atoms with Gasteiger partial charge >= 0.3 is 0 Å². The fraction of sp³-hybridized carbons (Fsp3) is 0.250. The Hall–Kier alpha value is -2.20. The Morgan fingerprint density at radius 2 is 1.95 bits per heavy atom. The first-order valence-corrected chi connectivity index (χ1v) is 6.71. The Labute approximate surface area is 119 Å². The van der Waals surface area contributed by atoms with Crippen molar-refractivity contribution in [3.8, 4) is 0 Å². The maximum absolute atomic E-state index is 12.4. The van der Waals surface area contributed by atoms with E-state index in [1.807, 2.05) is 43.3 Å². The molecular weight excluding hydrogens is 250 g/mol. The molecule has 1 heterocycles. The second-order valence-electron chi connectivity index (χ2n) is 4.67. The van der Waals surface area contributed by atoms with Crippen LogP contribution in [0.4, 0.5) is 0 Å². The number of amides is 1. The van der Waals surface area contributed by atoms with Crippen molar-refractivity contribution >= 4 is 5.91 Å². The summed E-state index contributed by atoms with van der Waals surface area (Å²) in [6.45, 7) is 2.49. The van der Waals surface area contributed by atoms with Crippen molar-refractivity contribution < 1.29 is 4.79 Å². The number of nitrogens with zero attached hydrogens (tertiary/aromatic N) is 1. The van der Waals surface area contributed by atoms with Crippen LogP contribution in [0.5, 0.6) is 0 Å². The minimum Gasteiger partial charge on any atom is -0.346 e. The van der Waals surface area contributed by atoms with E-state index >= 15 is 0 Å². The number of hydrogen-bond donors (Lipinski definition) is 2. The van der Waals surface area contributed by atoms with Gasteiger partial charge < -0.3 is 11.1 Å². The van der Waals surface area contributed by atoms with Crippen LogP contribution in [0.1, 0.15) is 34.5 Å². The summed E-state index contributed by atoms with van der Waals surface area (Å²) < 4.78 is 0. The molecule has 1 aromatic carbocycles. The van der Waals surface area contributed by atoms with Crippen molar-refractivity contribution in [3.63, 3.8) is 0 Å². The van der Waals surface area contributed by atoms with Crippen LogP contribution in [0.25, 0.3) is 0 Å². The topological polar surface area (TPSA) is 68.0 Å². The summed E-state index contributed by atoms with van der Waals surface area (Å²) in [6, 6.07) is 11.3. The zero-order valence-corrected chi connectivity index (χ0v) is 11.5. The fourth-order valence-corrected chi connectivity index (χ4v) is 2.13. The lowest BCUT2D eigenvalue weighted by atomic mass is 10.0. The first-order valence-electron chi connectivity index (χ1n) is 6.71. The van der Waals surface area contributed by atoms with E-state index in [9.17, 15) is 4.79 Å². The molecule has 4 nitrogen and oxygen atoms in total. The number of carbonyl (C=O) groups is 1. The van der Waals surface area contributed by atoms with E-state index < -0.39 is 0 Å². The summed E-state index contributed by atoms with van der Waals surface area (Å²) in [4.78, 5) is 16.3. The molecule has 0 bridgehead atoms. The Balaban J connectivity index is 2.12. The van der Waals surface area contributed by atoms with Gasteiger partial charge in [-0.1, -0.05) is 18.2 Å². The number of pyridine rings is 1. The van der Waals surface area contributed by atoms with E-state index in [-0.39, 0.29) is 11.9 Å². The average Bonchev–Trinajstić information content (AvgIpc) is 2.49. The van der Waals surface area contributed by atoms with Gasteiger partial charge in [0, 0.05) is 18.0 Å². The summed E-state index contributed by atoms with van der Waals surface area (Å²) in [5.74, 6) is -0.0710. The number of carbonyl (C=O) groups excluding carboxylic acids is 1. The Morgan fingerprint density at radius 3 is 2.65 bits per heavy atom. The molecule has 2 rings (SSSR count). The van der Waals surface area contributed by atoms with Gasteiger partial charge in [0.25, 0.3) is 5.91 Å². The van der Waals surface area contributed by atoms with E-state index in [4.69, 9.17) is 5.73 Å². The molecule has 3 N–H and O–H groups in total. The van der Waals surface area contributed by atoms with Crippen molar-refractivity contribution in [3.05, 3.63) is 65.5 Å². The molecule has 1 amide bonds. The monoisotopic (exact) mass is 269 g/mol. The van der Waals surface area contributed by atoms with Crippen LogP contribution in [-0.2, 0) is 6.42 Å². The summed E-state index contributed by atoms with van der Waals surface area (Å²) in [7, 11) is 0. The van der Waals surface area contributed by atoms with Crippen LogP contribution >= 0.6 is 0 Å². The fourth-order valence-electron chi connectivity index (χ4n) is 2.13. The third-order valence-electron chi connectivity index (χ3n) is 3.23. The Bertz CT molecular complexity index is 569. The predicted octanol–water partition coefficient (Wildman–Crippen LogP) is 2.07. The van der Waals surface area contributed by atoms with E-state index in [0.29, 0.717) is 18.5 Å². The van der Waals surface area contributed by atoms with Crippen molar-refractivity contribution in [2.75, 3.05) is 6.54 Å². The summed E-state index contributed by atoms with van der Waals surface area (Å²) >= 11 is 0. The zero-order valence-electron chi connectivity index (χ0n) is 11.5. The van der Waals surface area contributed by atoms with Gasteiger partial charge in [-0.15, -0.1) is 0 Å².